The van der Waals surface area contributed by atoms with E-state index in [2.05, 4.69) is 14.8 Å². The SMILES string of the molecule is O=C1CCCN1[C@@H]1CN(Cc2nccs2)C[C@@H]2CCCO[C@@H]21. The summed E-state index contributed by atoms with van der Waals surface area (Å²) in [4.78, 5) is 21.2. The van der Waals surface area contributed by atoms with Gasteiger partial charge < -0.3 is 9.64 Å². The summed E-state index contributed by atoms with van der Waals surface area (Å²) < 4.78 is 6.11. The predicted octanol–water partition coefficient (Wildman–Crippen LogP) is 1.74. The fourth-order valence-corrected chi connectivity index (χ4v) is 4.87. The van der Waals surface area contributed by atoms with Gasteiger partial charge in [-0.1, -0.05) is 0 Å². The van der Waals surface area contributed by atoms with E-state index in [-0.39, 0.29) is 12.1 Å². The van der Waals surface area contributed by atoms with E-state index in [0.717, 1.165) is 45.6 Å². The Morgan fingerprint density at radius 3 is 3.09 bits per heavy atom. The van der Waals surface area contributed by atoms with Crippen LogP contribution in [0.3, 0.4) is 0 Å². The second-order valence-corrected chi connectivity index (χ2v) is 7.59. The molecule has 4 heterocycles. The Morgan fingerprint density at radius 2 is 2.32 bits per heavy atom. The second kappa shape index (κ2) is 6.26. The number of likely N-dealkylation sites (tertiary alicyclic amines) is 2. The minimum atomic E-state index is 0.231. The molecule has 3 aliphatic heterocycles. The maximum Gasteiger partial charge on any atom is 0.223 e. The lowest BCUT2D eigenvalue weighted by Crippen LogP contribution is -2.61. The van der Waals surface area contributed by atoms with Crippen LogP contribution in [0.15, 0.2) is 11.6 Å². The first-order valence-electron chi connectivity index (χ1n) is 8.33. The van der Waals surface area contributed by atoms with Gasteiger partial charge in [-0.3, -0.25) is 9.69 Å². The van der Waals surface area contributed by atoms with Gasteiger partial charge in [-0.15, -0.1) is 11.3 Å². The summed E-state index contributed by atoms with van der Waals surface area (Å²) in [7, 11) is 0. The minimum absolute atomic E-state index is 0.231. The normalized spacial score (nSPS) is 33.2. The third-order valence-corrected chi connectivity index (χ3v) is 5.93. The third-order valence-electron chi connectivity index (χ3n) is 5.16. The fourth-order valence-electron chi connectivity index (χ4n) is 4.21. The maximum absolute atomic E-state index is 12.2. The number of carbonyl (C=O) groups is 1. The van der Waals surface area contributed by atoms with Crippen molar-refractivity contribution in [2.45, 2.75) is 44.4 Å². The molecule has 22 heavy (non-hydrogen) atoms. The van der Waals surface area contributed by atoms with Crippen LogP contribution in [-0.4, -0.2) is 59.1 Å². The van der Waals surface area contributed by atoms with E-state index in [9.17, 15) is 4.79 Å². The average molecular weight is 321 g/mol. The van der Waals surface area contributed by atoms with Gasteiger partial charge in [-0.25, -0.2) is 4.98 Å². The maximum atomic E-state index is 12.2. The number of fused-ring (bicyclic) bond motifs is 1. The van der Waals surface area contributed by atoms with Crippen LogP contribution in [0.25, 0.3) is 0 Å². The summed E-state index contributed by atoms with van der Waals surface area (Å²) in [6.45, 7) is 4.65. The summed E-state index contributed by atoms with van der Waals surface area (Å²) in [6, 6.07) is 0.231. The molecule has 1 aromatic heterocycles. The van der Waals surface area contributed by atoms with Gasteiger partial charge in [0.05, 0.1) is 18.7 Å². The zero-order chi connectivity index (χ0) is 14.9. The lowest BCUT2D eigenvalue weighted by Gasteiger charge is -2.48. The molecule has 0 spiro atoms. The molecule has 1 amide bonds. The highest BCUT2D eigenvalue weighted by Crippen LogP contribution is 2.33. The Bertz CT molecular complexity index is 521. The first-order valence-corrected chi connectivity index (χ1v) is 9.21. The number of ether oxygens (including phenoxy) is 1. The van der Waals surface area contributed by atoms with Gasteiger partial charge in [0.25, 0.3) is 0 Å². The van der Waals surface area contributed by atoms with Crippen LogP contribution in [0.1, 0.15) is 30.7 Å². The van der Waals surface area contributed by atoms with Gasteiger partial charge in [0.2, 0.25) is 5.91 Å². The van der Waals surface area contributed by atoms with Crippen molar-refractivity contribution in [1.29, 1.82) is 0 Å². The molecule has 0 N–H and O–H groups in total. The molecule has 0 aliphatic carbocycles. The van der Waals surface area contributed by atoms with Crippen LogP contribution in [0.4, 0.5) is 0 Å². The summed E-state index contributed by atoms with van der Waals surface area (Å²) in [6.07, 6.45) is 6.19. The van der Waals surface area contributed by atoms with Crippen LogP contribution in [0.5, 0.6) is 0 Å². The van der Waals surface area contributed by atoms with Gasteiger partial charge in [0.15, 0.2) is 0 Å². The molecule has 3 saturated heterocycles. The predicted molar refractivity (Wildman–Crippen MR) is 84.6 cm³/mol. The van der Waals surface area contributed by atoms with Crippen LogP contribution in [0, 0.1) is 5.92 Å². The topological polar surface area (TPSA) is 45.7 Å². The number of carbonyl (C=O) groups excluding carboxylic acids is 1. The third kappa shape index (κ3) is 2.79. The molecular weight excluding hydrogens is 298 g/mol. The van der Waals surface area contributed by atoms with Crippen LogP contribution < -0.4 is 0 Å². The molecule has 6 heteroatoms. The quantitative estimate of drug-likeness (QED) is 0.851. The number of aromatic nitrogens is 1. The van der Waals surface area contributed by atoms with E-state index in [1.54, 1.807) is 11.3 Å². The number of piperidine rings is 1. The lowest BCUT2D eigenvalue weighted by atomic mass is 9.84. The molecule has 0 aromatic carbocycles. The smallest absolute Gasteiger partial charge is 0.223 e. The molecule has 1 aromatic rings. The molecule has 3 fully saturated rings. The number of thiazole rings is 1. The minimum Gasteiger partial charge on any atom is -0.376 e. The van der Waals surface area contributed by atoms with E-state index in [1.807, 2.05) is 11.6 Å². The first-order chi connectivity index (χ1) is 10.8. The fraction of sp³-hybridized carbons (Fsp3) is 0.750. The Kier molecular flexibility index (Phi) is 4.15. The van der Waals surface area contributed by atoms with Crippen molar-refractivity contribution in [3.8, 4) is 0 Å². The standard InChI is InChI=1S/C16H23N3O2S/c20-15-4-1-6-19(15)13-10-18(11-14-17-5-8-22-14)9-12-3-2-7-21-16(12)13/h5,8,12-13,16H,1-4,6-7,9-11H2/t12-,13+,16-/m0/s1. The molecule has 120 valence electrons. The van der Waals surface area contributed by atoms with Crippen molar-refractivity contribution in [1.82, 2.24) is 14.8 Å². The van der Waals surface area contributed by atoms with Gasteiger partial charge in [-0.2, -0.15) is 0 Å². The molecule has 3 aliphatic rings. The molecular formula is C16H23N3O2S. The summed E-state index contributed by atoms with van der Waals surface area (Å²) >= 11 is 1.72. The molecule has 0 saturated carbocycles. The van der Waals surface area contributed by atoms with Gasteiger partial charge in [0, 0.05) is 44.2 Å². The number of amides is 1. The average Bonchev–Trinajstić information content (AvgIpc) is 3.18. The van der Waals surface area contributed by atoms with Gasteiger partial charge in [-0.05, 0) is 25.2 Å². The molecule has 4 rings (SSSR count). The number of rotatable bonds is 3. The Balaban J connectivity index is 1.52. The highest BCUT2D eigenvalue weighted by molar-refractivity contribution is 7.09. The van der Waals surface area contributed by atoms with Crippen molar-refractivity contribution in [3.05, 3.63) is 16.6 Å². The first kappa shape index (κ1) is 14.6. The molecule has 0 unspecified atom stereocenters. The van der Waals surface area contributed by atoms with E-state index in [1.165, 1.54) is 11.4 Å². The molecule has 0 radical (unpaired) electrons. The zero-order valence-corrected chi connectivity index (χ0v) is 13.6. The summed E-state index contributed by atoms with van der Waals surface area (Å²) in [5, 5.41) is 3.20. The summed E-state index contributed by atoms with van der Waals surface area (Å²) in [5.74, 6) is 0.870. The van der Waals surface area contributed by atoms with Crippen LogP contribution in [-0.2, 0) is 16.1 Å². The highest BCUT2D eigenvalue weighted by Gasteiger charge is 2.44. The zero-order valence-electron chi connectivity index (χ0n) is 12.8. The Labute approximate surface area is 135 Å². The van der Waals surface area contributed by atoms with Crippen molar-refractivity contribution in [2.75, 3.05) is 26.2 Å². The number of hydrogen-bond donors (Lipinski definition) is 0. The van der Waals surface area contributed by atoms with Gasteiger partial charge in [0.1, 0.15) is 5.01 Å². The molecule has 0 bridgehead atoms. The largest absolute Gasteiger partial charge is 0.376 e. The van der Waals surface area contributed by atoms with E-state index in [0.29, 0.717) is 18.2 Å². The van der Waals surface area contributed by atoms with E-state index < -0.39 is 0 Å². The van der Waals surface area contributed by atoms with Crippen molar-refractivity contribution < 1.29 is 9.53 Å². The second-order valence-electron chi connectivity index (χ2n) is 6.62. The van der Waals surface area contributed by atoms with Crippen LogP contribution in [0.2, 0.25) is 0 Å². The van der Waals surface area contributed by atoms with E-state index >= 15 is 0 Å². The van der Waals surface area contributed by atoms with Gasteiger partial charge >= 0.3 is 0 Å². The van der Waals surface area contributed by atoms with Crippen molar-refractivity contribution in [3.63, 3.8) is 0 Å². The Morgan fingerprint density at radius 1 is 1.36 bits per heavy atom. The number of hydrogen-bond acceptors (Lipinski definition) is 5. The van der Waals surface area contributed by atoms with Crippen LogP contribution >= 0.6 is 11.3 Å². The summed E-state index contributed by atoms with van der Waals surface area (Å²) in [5.41, 5.74) is 0. The molecule has 3 atom stereocenters. The van der Waals surface area contributed by atoms with Crippen molar-refractivity contribution >= 4 is 17.2 Å². The van der Waals surface area contributed by atoms with Crippen molar-refractivity contribution in [2.24, 2.45) is 5.92 Å². The molecule has 5 nitrogen and oxygen atoms in total. The van der Waals surface area contributed by atoms with E-state index in [4.69, 9.17) is 4.74 Å². The Hall–Kier alpha value is -0.980. The number of nitrogens with zero attached hydrogens (tertiary/aromatic N) is 3. The highest BCUT2D eigenvalue weighted by atomic mass is 32.1. The monoisotopic (exact) mass is 321 g/mol. The lowest BCUT2D eigenvalue weighted by molar-refractivity contribution is -0.145.